The lowest BCUT2D eigenvalue weighted by molar-refractivity contribution is -0.164. The standard InChI is InChI=1S/C10H17NO3/c1-10(2,3)4-8(12)14-9(13)7-5-11-6-7/h7,11H,4-6H2,1-3H3. The zero-order valence-corrected chi connectivity index (χ0v) is 8.92. The molecule has 80 valence electrons. The van der Waals surface area contributed by atoms with Gasteiger partial charge in [-0.05, 0) is 5.41 Å². The largest absolute Gasteiger partial charge is 0.393 e. The number of carbonyl (C=O) groups is 2. The number of carbonyl (C=O) groups excluding carboxylic acids is 2. The van der Waals surface area contributed by atoms with Crippen molar-refractivity contribution in [2.24, 2.45) is 11.3 Å². The molecule has 4 heteroatoms. The van der Waals surface area contributed by atoms with Crippen LogP contribution in [0.15, 0.2) is 0 Å². The molecule has 0 aromatic rings. The molecule has 0 aliphatic carbocycles. The van der Waals surface area contributed by atoms with Gasteiger partial charge in [-0.3, -0.25) is 9.59 Å². The molecule has 1 rings (SSSR count). The quantitative estimate of drug-likeness (QED) is 0.525. The molecule has 14 heavy (non-hydrogen) atoms. The van der Waals surface area contributed by atoms with E-state index in [2.05, 4.69) is 5.32 Å². The van der Waals surface area contributed by atoms with Crippen LogP contribution in [0.25, 0.3) is 0 Å². The average Bonchev–Trinajstić information content (AvgIpc) is 1.75. The lowest BCUT2D eigenvalue weighted by Gasteiger charge is -2.25. The second kappa shape index (κ2) is 4.09. The Bertz CT molecular complexity index is 238. The molecular weight excluding hydrogens is 182 g/mol. The van der Waals surface area contributed by atoms with Crippen molar-refractivity contribution >= 4 is 11.9 Å². The first-order valence-corrected chi connectivity index (χ1v) is 4.84. The smallest absolute Gasteiger partial charge is 0.319 e. The SMILES string of the molecule is CC(C)(C)CC(=O)OC(=O)C1CNC1. The van der Waals surface area contributed by atoms with Gasteiger partial charge in [-0.15, -0.1) is 0 Å². The molecule has 0 amide bonds. The Balaban J connectivity index is 2.29. The summed E-state index contributed by atoms with van der Waals surface area (Å²) in [6, 6.07) is 0. The summed E-state index contributed by atoms with van der Waals surface area (Å²) in [5.74, 6) is -0.939. The Labute approximate surface area is 84.0 Å². The molecule has 0 spiro atoms. The molecule has 1 saturated heterocycles. The normalized spacial score (nSPS) is 17.4. The maximum absolute atomic E-state index is 11.3. The predicted molar refractivity (Wildman–Crippen MR) is 51.5 cm³/mol. The van der Waals surface area contributed by atoms with Crippen LogP contribution in [-0.4, -0.2) is 25.0 Å². The second-order valence-corrected chi connectivity index (χ2v) is 4.89. The minimum atomic E-state index is -0.422. The van der Waals surface area contributed by atoms with Crippen LogP contribution in [0.4, 0.5) is 0 Å². The van der Waals surface area contributed by atoms with E-state index in [0.717, 1.165) is 0 Å². The van der Waals surface area contributed by atoms with Crippen molar-refractivity contribution < 1.29 is 14.3 Å². The van der Waals surface area contributed by atoms with Gasteiger partial charge in [0, 0.05) is 13.1 Å². The van der Waals surface area contributed by atoms with Gasteiger partial charge in [0.2, 0.25) is 0 Å². The van der Waals surface area contributed by atoms with Crippen molar-refractivity contribution in [1.29, 1.82) is 0 Å². The van der Waals surface area contributed by atoms with Crippen LogP contribution in [0.3, 0.4) is 0 Å². The summed E-state index contributed by atoms with van der Waals surface area (Å²) < 4.78 is 4.71. The van der Waals surface area contributed by atoms with Crippen molar-refractivity contribution in [3.63, 3.8) is 0 Å². The fraction of sp³-hybridized carbons (Fsp3) is 0.800. The van der Waals surface area contributed by atoms with Gasteiger partial charge >= 0.3 is 11.9 Å². The highest BCUT2D eigenvalue weighted by atomic mass is 16.6. The fourth-order valence-corrected chi connectivity index (χ4v) is 1.12. The average molecular weight is 199 g/mol. The summed E-state index contributed by atoms with van der Waals surface area (Å²) in [6.07, 6.45) is 0.277. The number of hydrogen-bond donors (Lipinski definition) is 1. The summed E-state index contributed by atoms with van der Waals surface area (Å²) in [5.41, 5.74) is -0.130. The highest BCUT2D eigenvalue weighted by Gasteiger charge is 2.29. The van der Waals surface area contributed by atoms with Gasteiger partial charge in [0.05, 0.1) is 12.3 Å². The Hall–Kier alpha value is -0.900. The topological polar surface area (TPSA) is 55.4 Å². The van der Waals surface area contributed by atoms with Gasteiger partial charge in [-0.25, -0.2) is 0 Å². The summed E-state index contributed by atoms with van der Waals surface area (Å²) in [4.78, 5) is 22.5. The van der Waals surface area contributed by atoms with Crippen LogP contribution in [0, 0.1) is 11.3 Å². The zero-order valence-electron chi connectivity index (χ0n) is 8.92. The zero-order chi connectivity index (χ0) is 10.8. The molecule has 4 nitrogen and oxygen atoms in total. The van der Waals surface area contributed by atoms with Crippen LogP contribution in [0.1, 0.15) is 27.2 Å². The first kappa shape index (κ1) is 11.2. The molecule has 1 aliphatic rings. The van der Waals surface area contributed by atoms with E-state index in [4.69, 9.17) is 4.74 Å². The van der Waals surface area contributed by atoms with E-state index in [-0.39, 0.29) is 17.8 Å². The number of ether oxygens (including phenoxy) is 1. The first-order chi connectivity index (χ1) is 6.38. The second-order valence-electron chi connectivity index (χ2n) is 4.89. The Morgan fingerprint density at radius 2 is 1.93 bits per heavy atom. The van der Waals surface area contributed by atoms with E-state index < -0.39 is 11.9 Å². The van der Waals surface area contributed by atoms with Gasteiger partial charge in [-0.1, -0.05) is 20.8 Å². The number of rotatable bonds is 2. The third-order valence-electron chi connectivity index (χ3n) is 2.00. The van der Waals surface area contributed by atoms with E-state index in [1.165, 1.54) is 0 Å². The van der Waals surface area contributed by atoms with E-state index in [9.17, 15) is 9.59 Å². The lowest BCUT2D eigenvalue weighted by atomic mass is 9.92. The van der Waals surface area contributed by atoms with Gasteiger partial charge in [0.15, 0.2) is 0 Å². The van der Waals surface area contributed by atoms with Gasteiger partial charge < -0.3 is 10.1 Å². The number of esters is 2. The molecule has 0 aromatic heterocycles. The highest BCUT2D eigenvalue weighted by Crippen LogP contribution is 2.19. The van der Waals surface area contributed by atoms with E-state index >= 15 is 0 Å². The first-order valence-electron chi connectivity index (χ1n) is 4.84. The van der Waals surface area contributed by atoms with Crippen LogP contribution in [-0.2, 0) is 14.3 Å². The summed E-state index contributed by atoms with van der Waals surface area (Å²) in [7, 11) is 0. The molecule has 0 aromatic carbocycles. The molecule has 0 radical (unpaired) electrons. The number of nitrogens with one attached hydrogen (secondary N) is 1. The minimum Gasteiger partial charge on any atom is -0.393 e. The molecule has 0 bridgehead atoms. The highest BCUT2D eigenvalue weighted by molar-refractivity contribution is 5.87. The lowest BCUT2D eigenvalue weighted by Crippen LogP contribution is -2.47. The molecule has 1 N–H and O–H groups in total. The summed E-state index contributed by atoms with van der Waals surface area (Å²) in [5, 5.41) is 2.95. The predicted octanol–water partition coefficient (Wildman–Crippen LogP) is 0.712. The van der Waals surface area contributed by atoms with Crippen molar-refractivity contribution in [2.75, 3.05) is 13.1 Å². The van der Waals surface area contributed by atoms with Crippen molar-refractivity contribution in [3.8, 4) is 0 Å². The van der Waals surface area contributed by atoms with Crippen LogP contribution < -0.4 is 5.32 Å². The third kappa shape index (κ3) is 3.46. The van der Waals surface area contributed by atoms with Crippen molar-refractivity contribution in [3.05, 3.63) is 0 Å². The Morgan fingerprint density at radius 3 is 2.29 bits per heavy atom. The molecule has 0 unspecified atom stereocenters. The molecule has 0 atom stereocenters. The molecule has 1 fully saturated rings. The minimum absolute atomic E-state index is 0.126. The summed E-state index contributed by atoms with van der Waals surface area (Å²) >= 11 is 0. The molecular formula is C10H17NO3. The van der Waals surface area contributed by atoms with E-state index in [0.29, 0.717) is 13.1 Å². The molecule has 1 aliphatic heterocycles. The summed E-state index contributed by atoms with van der Waals surface area (Å²) in [6.45, 7) is 7.06. The number of hydrogen-bond acceptors (Lipinski definition) is 4. The van der Waals surface area contributed by atoms with Gasteiger partial charge in [0.1, 0.15) is 0 Å². The third-order valence-corrected chi connectivity index (χ3v) is 2.00. The van der Waals surface area contributed by atoms with E-state index in [1.807, 2.05) is 20.8 Å². The van der Waals surface area contributed by atoms with Crippen LogP contribution >= 0.6 is 0 Å². The molecule has 0 saturated carbocycles. The Kier molecular flexibility index (Phi) is 3.26. The van der Waals surface area contributed by atoms with Gasteiger partial charge in [0.25, 0.3) is 0 Å². The Morgan fingerprint density at radius 1 is 1.36 bits per heavy atom. The van der Waals surface area contributed by atoms with Crippen molar-refractivity contribution in [1.82, 2.24) is 5.32 Å². The van der Waals surface area contributed by atoms with Crippen LogP contribution in [0.2, 0.25) is 0 Å². The fourth-order valence-electron chi connectivity index (χ4n) is 1.12. The van der Waals surface area contributed by atoms with Gasteiger partial charge in [-0.2, -0.15) is 0 Å². The molecule has 1 heterocycles. The van der Waals surface area contributed by atoms with E-state index in [1.54, 1.807) is 0 Å². The maximum atomic E-state index is 11.3. The van der Waals surface area contributed by atoms with Crippen LogP contribution in [0.5, 0.6) is 0 Å². The monoisotopic (exact) mass is 199 g/mol. The van der Waals surface area contributed by atoms with Crippen molar-refractivity contribution in [2.45, 2.75) is 27.2 Å². The maximum Gasteiger partial charge on any atom is 0.319 e.